The lowest BCUT2D eigenvalue weighted by Gasteiger charge is -2.40. The van der Waals surface area contributed by atoms with Crippen molar-refractivity contribution in [3.05, 3.63) is 24.1 Å². The number of pyridine rings is 2. The molecule has 1 aliphatic rings. The molecule has 158 valence electrons. The van der Waals surface area contributed by atoms with E-state index in [4.69, 9.17) is 9.84 Å². The Balaban J connectivity index is 1.75. The molecule has 0 aromatic carbocycles. The Morgan fingerprint density at radius 2 is 2.00 bits per heavy atom. The van der Waals surface area contributed by atoms with Crippen molar-refractivity contribution in [2.24, 2.45) is 5.41 Å². The molecule has 3 heterocycles. The Kier molecular flexibility index (Phi) is 6.07. The molecule has 29 heavy (non-hydrogen) atoms. The van der Waals surface area contributed by atoms with Crippen LogP contribution in [-0.2, 0) is 0 Å². The summed E-state index contributed by atoms with van der Waals surface area (Å²) in [6, 6.07) is 3.28. The minimum Gasteiger partial charge on any atom is -0.481 e. The number of nitrogens with zero attached hydrogens (tertiary/aromatic N) is 4. The molecule has 1 amide bonds. The van der Waals surface area contributed by atoms with Gasteiger partial charge in [-0.2, -0.15) is 0 Å². The normalized spacial score (nSPS) is 16.7. The Bertz CT molecular complexity index is 878. The molecule has 0 bridgehead atoms. The van der Waals surface area contributed by atoms with E-state index in [-0.39, 0.29) is 11.5 Å². The molecule has 2 aromatic heterocycles. The minimum absolute atomic E-state index is 0.198. The van der Waals surface area contributed by atoms with Crippen molar-refractivity contribution in [3.63, 3.8) is 0 Å². The lowest BCUT2D eigenvalue weighted by atomic mass is 9.86. The van der Waals surface area contributed by atoms with Gasteiger partial charge in [0.1, 0.15) is 11.2 Å². The SMILES string of the molecule is COc1ccc2ncc(F)c(N3CCN(CC(NC(=O)O)C(C)(C)C)CC3)c2n1. The first-order valence-corrected chi connectivity index (χ1v) is 9.65. The summed E-state index contributed by atoms with van der Waals surface area (Å²) < 4.78 is 19.9. The van der Waals surface area contributed by atoms with E-state index in [1.807, 2.05) is 25.7 Å². The molecule has 9 heteroatoms. The van der Waals surface area contributed by atoms with E-state index < -0.39 is 11.9 Å². The summed E-state index contributed by atoms with van der Waals surface area (Å²) in [6.45, 7) is 9.26. The van der Waals surface area contributed by atoms with Crippen molar-refractivity contribution >= 4 is 22.8 Å². The van der Waals surface area contributed by atoms with Crippen LogP contribution in [0.4, 0.5) is 14.9 Å². The molecule has 2 N–H and O–H groups in total. The summed E-state index contributed by atoms with van der Waals surface area (Å²) in [7, 11) is 1.52. The van der Waals surface area contributed by atoms with Gasteiger partial charge in [0.15, 0.2) is 5.82 Å². The van der Waals surface area contributed by atoms with Gasteiger partial charge in [-0.05, 0) is 11.5 Å². The predicted octanol–water partition coefficient (Wildman–Crippen LogP) is 2.58. The average Bonchev–Trinajstić information content (AvgIpc) is 2.66. The fourth-order valence-corrected chi connectivity index (χ4v) is 3.52. The number of halogens is 1. The topological polar surface area (TPSA) is 90.8 Å². The second-order valence-electron chi connectivity index (χ2n) is 8.33. The number of rotatable bonds is 5. The fourth-order valence-electron chi connectivity index (χ4n) is 3.52. The summed E-state index contributed by atoms with van der Waals surface area (Å²) in [6.07, 6.45) is 0.207. The van der Waals surface area contributed by atoms with Crippen LogP contribution in [0.5, 0.6) is 5.88 Å². The van der Waals surface area contributed by atoms with Crippen LogP contribution in [0.15, 0.2) is 18.3 Å². The number of hydrogen-bond donors (Lipinski definition) is 2. The van der Waals surface area contributed by atoms with E-state index in [0.717, 1.165) is 0 Å². The first-order chi connectivity index (χ1) is 13.7. The largest absolute Gasteiger partial charge is 0.481 e. The third-order valence-electron chi connectivity index (χ3n) is 5.30. The molecular formula is C20H28FN5O3. The highest BCUT2D eigenvalue weighted by atomic mass is 19.1. The predicted molar refractivity (Wildman–Crippen MR) is 109 cm³/mol. The Labute approximate surface area is 169 Å². The molecule has 2 aromatic rings. The number of piperazine rings is 1. The number of carboxylic acid groups (broad SMARTS) is 1. The van der Waals surface area contributed by atoms with Gasteiger partial charge in [0.2, 0.25) is 5.88 Å². The Hall–Kier alpha value is -2.68. The highest BCUT2D eigenvalue weighted by molar-refractivity contribution is 5.88. The third kappa shape index (κ3) is 4.84. The van der Waals surface area contributed by atoms with E-state index in [2.05, 4.69) is 20.2 Å². The first kappa shape index (κ1) is 21.0. The molecule has 1 saturated heterocycles. The van der Waals surface area contributed by atoms with E-state index in [1.165, 1.54) is 13.3 Å². The monoisotopic (exact) mass is 405 g/mol. The number of anilines is 1. The number of ether oxygens (including phenoxy) is 1. The highest BCUT2D eigenvalue weighted by Gasteiger charge is 2.30. The number of carbonyl (C=O) groups is 1. The van der Waals surface area contributed by atoms with Gasteiger partial charge in [0.05, 0.1) is 18.8 Å². The van der Waals surface area contributed by atoms with E-state index in [9.17, 15) is 9.18 Å². The average molecular weight is 405 g/mol. The van der Waals surface area contributed by atoms with Crippen LogP contribution in [0.2, 0.25) is 0 Å². The number of nitrogens with one attached hydrogen (secondary N) is 1. The van der Waals surface area contributed by atoms with Crippen LogP contribution in [0.3, 0.4) is 0 Å². The molecule has 1 fully saturated rings. The Morgan fingerprint density at radius 3 is 2.59 bits per heavy atom. The molecule has 1 aliphatic heterocycles. The summed E-state index contributed by atoms with van der Waals surface area (Å²) in [5, 5.41) is 11.8. The molecule has 8 nitrogen and oxygen atoms in total. The second-order valence-corrected chi connectivity index (χ2v) is 8.33. The van der Waals surface area contributed by atoms with Crippen LogP contribution in [0.25, 0.3) is 11.0 Å². The number of methoxy groups -OCH3 is 1. The van der Waals surface area contributed by atoms with Crippen molar-refractivity contribution in [1.29, 1.82) is 0 Å². The zero-order chi connectivity index (χ0) is 21.2. The van der Waals surface area contributed by atoms with E-state index in [1.54, 1.807) is 12.1 Å². The van der Waals surface area contributed by atoms with Crippen molar-refractivity contribution < 1.29 is 19.0 Å². The molecule has 0 saturated carbocycles. The lowest BCUT2D eigenvalue weighted by molar-refractivity contribution is 0.145. The molecule has 1 unspecified atom stereocenters. The smallest absolute Gasteiger partial charge is 0.404 e. The van der Waals surface area contributed by atoms with Crippen molar-refractivity contribution in [2.45, 2.75) is 26.8 Å². The maximum atomic E-state index is 14.7. The van der Waals surface area contributed by atoms with E-state index in [0.29, 0.717) is 55.3 Å². The van der Waals surface area contributed by atoms with Gasteiger partial charge in [0.25, 0.3) is 0 Å². The summed E-state index contributed by atoms with van der Waals surface area (Å²) in [5.74, 6) is 0.00404. The lowest BCUT2D eigenvalue weighted by Crippen LogP contribution is -2.55. The zero-order valence-electron chi connectivity index (χ0n) is 17.3. The van der Waals surface area contributed by atoms with E-state index >= 15 is 0 Å². The molecule has 1 atom stereocenters. The summed E-state index contributed by atoms with van der Waals surface area (Å²) >= 11 is 0. The van der Waals surface area contributed by atoms with Gasteiger partial charge in [-0.15, -0.1) is 0 Å². The maximum Gasteiger partial charge on any atom is 0.404 e. The molecule has 0 aliphatic carbocycles. The summed E-state index contributed by atoms with van der Waals surface area (Å²) in [5.41, 5.74) is 1.33. The Morgan fingerprint density at radius 1 is 1.31 bits per heavy atom. The van der Waals surface area contributed by atoms with Crippen LogP contribution in [0.1, 0.15) is 20.8 Å². The molecular weight excluding hydrogens is 377 g/mol. The number of fused-ring (bicyclic) bond motifs is 1. The molecule has 0 spiro atoms. The van der Waals surface area contributed by atoms with Crippen molar-refractivity contribution in [2.75, 3.05) is 44.7 Å². The molecule has 0 radical (unpaired) electrons. The fraction of sp³-hybridized carbons (Fsp3) is 0.550. The van der Waals surface area contributed by atoms with Gasteiger partial charge < -0.3 is 20.1 Å². The van der Waals surface area contributed by atoms with Gasteiger partial charge in [-0.3, -0.25) is 9.88 Å². The first-order valence-electron chi connectivity index (χ1n) is 9.65. The van der Waals surface area contributed by atoms with Crippen molar-refractivity contribution in [1.82, 2.24) is 20.2 Å². The van der Waals surface area contributed by atoms with Crippen LogP contribution in [-0.4, -0.2) is 71.9 Å². The number of aromatic nitrogens is 2. The van der Waals surface area contributed by atoms with Crippen LogP contribution in [0, 0.1) is 11.2 Å². The quantitative estimate of drug-likeness (QED) is 0.790. The minimum atomic E-state index is -1.02. The van der Waals surface area contributed by atoms with Gasteiger partial charge >= 0.3 is 6.09 Å². The maximum absolute atomic E-state index is 14.7. The number of hydrogen-bond acceptors (Lipinski definition) is 6. The van der Waals surface area contributed by atoms with Crippen molar-refractivity contribution in [3.8, 4) is 5.88 Å². The van der Waals surface area contributed by atoms with Gasteiger partial charge in [0, 0.05) is 44.8 Å². The van der Waals surface area contributed by atoms with Crippen LogP contribution >= 0.6 is 0 Å². The standard InChI is InChI=1S/C20H28FN5O3/c1-20(2,3)15(23-19(27)28)12-25-7-9-26(10-8-25)18-13(21)11-22-14-5-6-16(29-4)24-17(14)18/h5-6,11,15,23H,7-10,12H2,1-4H3,(H,27,28). The number of amides is 1. The third-order valence-corrected chi connectivity index (χ3v) is 5.30. The molecule has 3 rings (SSSR count). The zero-order valence-corrected chi connectivity index (χ0v) is 17.3. The second kappa shape index (κ2) is 8.36. The summed E-state index contributed by atoms with van der Waals surface area (Å²) in [4.78, 5) is 23.9. The van der Waals surface area contributed by atoms with Gasteiger partial charge in [-0.1, -0.05) is 20.8 Å². The van der Waals surface area contributed by atoms with Crippen LogP contribution < -0.4 is 15.0 Å². The highest BCUT2D eigenvalue weighted by Crippen LogP contribution is 2.30. The van der Waals surface area contributed by atoms with Gasteiger partial charge in [-0.25, -0.2) is 14.2 Å².